The lowest BCUT2D eigenvalue weighted by Gasteiger charge is -2.26. The zero-order valence-corrected chi connectivity index (χ0v) is 20.5. The van der Waals surface area contributed by atoms with Crippen molar-refractivity contribution in [3.8, 4) is 5.75 Å². The Morgan fingerprint density at radius 3 is 2.30 bits per heavy atom. The molecule has 9 heteroatoms. The summed E-state index contributed by atoms with van der Waals surface area (Å²) in [5.41, 5.74) is 1.02. The third-order valence-corrected chi connectivity index (χ3v) is 7.18. The van der Waals surface area contributed by atoms with Crippen LogP contribution in [0.25, 0.3) is 0 Å². The van der Waals surface area contributed by atoms with Gasteiger partial charge in [0.2, 0.25) is 5.91 Å². The van der Waals surface area contributed by atoms with Crippen molar-refractivity contribution in [3.63, 3.8) is 0 Å². The first-order valence-electron chi connectivity index (χ1n) is 10.3. The van der Waals surface area contributed by atoms with Crippen LogP contribution >= 0.6 is 23.2 Å². The van der Waals surface area contributed by atoms with E-state index >= 15 is 0 Å². The standard InChI is InChI=1S/C24H24Cl2N2O4S/c1-3-32-20-12-9-18(10-13-20)17(2)27-24(29)16-28(23-14-11-19(25)15-22(23)26)33(30,31)21-7-5-4-6-8-21/h4-15,17H,3,16H2,1-2H3,(H,27,29)/t17-/m1/s1. The molecule has 0 aliphatic carbocycles. The number of rotatable bonds is 9. The molecule has 0 aliphatic rings. The summed E-state index contributed by atoms with van der Waals surface area (Å²) < 4.78 is 33.2. The fraction of sp³-hybridized carbons (Fsp3) is 0.208. The van der Waals surface area contributed by atoms with Crippen LogP contribution in [-0.2, 0) is 14.8 Å². The molecule has 0 aromatic heterocycles. The SMILES string of the molecule is CCOc1ccc([C@@H](C)NC(=O)CN(c2ccc(Cl)cc2Cl)S(=O)(=O)c2ccccc2)cc1. The number of nitrogens with one attached hydrogen (secondary N) is 1. The molecular weight excluding hydrogens is 483 g/mol. The Bertz CT molecular complexity index is 1200. The number of benzene rings is 3. The maximum atomic E-state index is 13.4. The minimum atomic E-state index is -4.07. The Labute approximate surface area is 204 Å². The van der Waals surface area contributed by atoms with Crippen LogP contribution in [0.2, 0.25) is 10.0 Å². The average Bonchev–Trinajstić information content (AvgIpc) is 2.79. The summed E-state index contributed by atoms with van der Waals surface area (Å²) in [7, 11) is -4.07. The van der Waals surface area contributed by atoms with E-state index in [0.29, 0.717) is 11.6 Å². The number of anilines is 1. The van der Waals surface area contributed by atoms with Gasteiger partial charge in [-0.15, -0.1) is 0 Å². The first-order valence-corrected chi connectivity index (χ1v) is 12.5. The maximum absolute atomic E-state index is 13.4. The molecule has 0 unspecified atom stereocenters. The first-order chi connectivity index (χ1) is 15.7. The zero-order chi connectivity index (χ0) is 24.0. The summed E-state index contributed by atoms with van der Waals surface area (Å²) in [4.78, 5) is 13.0. The summed E-state index contributed by atoms with van der Waals surface area (Å²) >= 11 is 12.3. The molecule has 1 N–H and O–H groups in total. The first kappa shape index (κ1) is 24.9. The second-order valence-electron chi connectivity index (χ2n) is 7.21. The van der Waals surface area contributed by atoms with Crippen LogP contribution in [0.5, 0.6) is 5.75 Å². The van der Waals surface area contributed by atoms with E-state index in [0.717, 1.165) is 15.6 Å². The molecule has 174 valence electrons. The van der Waals surface area contributed by atoms with Gasteiger partial charge in [0.15, 0.2) is 0 Å². The lowest BCUT2D eigenvalue weighted by atomic mass is 10.1. The van der Waals surface area contributed by atoms with Gasteiger partial charge < -0.3 is 10.1 Å². The molecule has 0 fully saturated rings. The topological polar surface area (TPSA) is 75.7 Å². The number of amides is 1. The monoisotopic (exact) mass is 506 g/mol. The molecule has 0 radical (unpaired) electrons. The number of carbonyl (C=O) groups is 1. The highest BCUT2D eigenvalue weighted by atomic mass is 35.5. The van der Waals surface area contributed by atoms with Crippen molar-refractivity contribution in [3.05, 3.63) is 88.4 Å². The number of halogens is 2. The van der Waals surface area contributed by atoms with Crippen LogP contribution in [0.4, 0.5) is 5.69 Å². The third-order valence-electron chi connectivity index (χ3n) is 4.87. The normalized spacial score (nSPS) is 12.1. The quantitative estimate of drug-likeness (QED) is 0.417. The van der Waals surface area contributed by atoms with Crippen LogP contribution in [0.1, 0.15) is 25.5 Å². The second-order valence-corrected chi connectivity index (χ2v) is 9.92. The third kappa shape index (κ3) is 6.19. The second kappa shape index (κ2) is 10.9. The van der Waals surface area contributed by atoms with Crippen molar-refractivity contribution in [1.29, 1.82) is 0 Å². The van der Waals surface area contributed by atoms with Gasteiger partial charge in [0, 0.05) is 5.02 Å². The van der Waals surface area contributed by atoms with E-state index in [1.165, 1.54) is 30.3 Å². The summed E-state index contributed by atoms with van der Waals surface area (Å²) in [6, 6.07) is 19.3. The Morgan fingerprint density at radius 2 is 1.70 bits per heavy atom. The molecule has 3 aromatic rings. The van der Waals surface area contributed by atoms with Crippen molar-refractivity contribution in [2.75, 3.05) is 17.5 Å². The van der Waals surface area contributed by atoms with Crippen molar-refractivity contribution in [1.82, 2.24) is 5.32 Å². The van der Waals surface area contributed by atoms with Gasteiger partial charge in [-0.25, -0.2) is 8.42 Å². The average molecular weight is 507 g/mol. The van der Waals surface area contributed by atoms with Crippen molar-refractivity contribution in [2.24, 2.45) is 0 Å². The van der Waals surface area contributed by atoms with Gasteiger partial charge in [0.1, 0.15) is 12.3 Å². The number of sulfonamides is 1. The van der Waals surface area contributed by atoms with E-state index in [-0.39, 0.29) is 21.6 Å². The van der Waals surface area contributed by atoms with Crippen LogP contribution < -0.4 is 14.4 Å². The summed E-state index contributed by atoms with van der Waals surface area (Å²) in [5.74, 6) is 0.249. The Kier molecular flexibility index (Phi) is 8.24. The van der Waals surface area contributed by atoms with Crippen molar-refractivity contribution < 1.29 is 17.9 Å². The van der Waals surface area contributed by atoms with E-state index < -0.39 is 22.5 Å². The van der Waals surface area contributed by atoms with Crippen LogP contribution in [-0.4, -0.2) is 27.5 Å². The maximum Gasteiger partial charge on any atom is 0.264 e. The summed E-state index contributed by atoms with van der Waals surface area (Å²) in [6.07, 6.45) is 0. The molecule has 1 atom stereocenters. The number of hydrogen-bond acceptors (Lipinski definition) is 4. The summed E-state index contributed by atoms with van der Waals surface area (Å²) in [5, 5.41) is 3.32. The van der Waals surface area contributed by atoms with E-state index in [2.05, 4.69) is 5.32 Å². The van der Waals surface area contributed by atoms with Gasteiger partial charge in [-0.05, 0) is 61.9 Å². The molecule has 0 saturated carbocycles. The van der Waals surface area contributed by atoms with Gasteiger partial charge in [0.05, 0.1) is 28.3 Å². The fourth-order valence-corrected chi connectivity index (χ4v) is 5.24. The molecule has 3 aromatic carbocycles. The molecule has 0 bridgehead atoms. The molecular formula is C24H24Cl2N2O4S. The van der Waals surface area contributed by atoms with E-state index in [9.17, 15) is 13.2 Å². The Morgan fingerprint density at radius 1 is 1.03 bits per heavy atom. The molecule has 0 spiro atoms. The van der Waals surface area contributed by atoms with E-state index in [1.807, 2.05) is 38.1 Å². The van der Waals surface area contributed by atoms with E-state index in [4.69, 9.17) is 27.9 Å². The molecule has 6 nitrogen and oxygen atoms in total. The highest BCUT2D eigenvalue weighted by Gasteiger charge is 2.29. The predicted molar refractivity (Wildman–Crippen MR) is 132 cm³/mol. The van der Waals surface area contributed by atoms with Crippen LogP contribution in [0, 0.1) is 0 Å². The highest BCUT2D eigenvalue weighted by molar-refractivity contribution is 7.92. The molecule has 33 heavy (non-hydrogen) atoms. The van der Waals surface area contributed by atoms with Crippen molar-refractivity contribution in [2.45, 2.75) is 24.8 Å². The number of ether oxygens (including phenoxy) is 1. The van der Waals surface area contributed by atoms with Gasteiger partial charge >= 0.3 is 0 Å². The predicted octanol–water partition coefficient (Wildman–Crippen LogP) is 5.46. The molecule has 0 saturated heterocycles. The number of nitrogens with zero attached hydrogens (tertiary/aromatic N) is 1. The number of carbonyl (C=O) groups excluding carboxylic acids is 1. The Balaban J connectivity index is 1.86. The van der Waals surface area contributed by atoms with Crippen LogP contribution in [0.3, 0.4) is 0 Å². The molecule has 0 heterocycles. The lowest BCUT2D eigenvalue weighted by molar-refractivity contribution is -0.120. The minimum absolute atomic E-state index is 0.0448. The van der Waals surface area contributed by atoms with Gasteiger partial charge in [-0.2, -0.15) is 0 Å². The highest BCUT2D eigenvalue weighted by Crippen LogP contribution is 2.32. The van der Waals surface area contributed by atoms with E-state index in [1.54, 1.807) is 18.2 Å². The Hall–Kier alpha value is -2.74. The minimum Gasteiger partial charge on any atom is -0.494 e. The molecule has 1 amide bonds. The lowest BCUT2D eigenvalue weighted by Crippen LogP contribution is -2.41. The fourth-order valence-electron chi connectivity index (χ4n) is 3.22. The van der Waals surface area contributed by atoms with Gasteiger partial charge in [-0.3, -0.25) is 9.10 Å². The molecule has 3 rings (SSSR count). The van der Waals surface area contributed by atoms with Crippen molar-refractivity contribution >= 4 is 44.8 Å². The molecule has 0 aliphatic heterocycles. The number of hydrogen-bond donors (Lipinski definition) is 1. The smallest absolute Gasteiger partial charge is 0.264 e. The largest absolute Gasteiger partial charge is 0.494 e. The summed E-state index contributed by atoms with van der Waals surface area (Å²) in [6.45, 7) is 3.82. The zero-order valence-electron chi connectivity index (χ0n) is 18.2. The van der Waals surface area contributed by atoms with Gasteiger partial charge in [-0.1, -0.05) is 53.5 Å². The van der Waals surface area contributed by atoms with Gasteiger partial charge in [0.25, 0.3) is 10.0 Å². The van der Waals surface area contributed by atoms with Crippen LogP contribution in [0.15, 0.2) is 77.7 Å².